The first kappa shape index (κ1) is 20.6. The Balaban J connectivity index is 1.51. The van der Waals surface area contributed by atoms with E-state index in [0.29, 0.717) is 6.61 Å². The quantitative estimate of drug-likeness (QED) is 0.636. The molecule has 28 heavy (non-hydrogen) atoms. The predicted octanol–water partition coefficient (Wildman–Crippen LogP) is 3.39. The van der Waals surface area contributed by atoms with E-state index in [4.69, 9.17) is 14.2 Å². The molecule has 0 bridgehead atoms. The lowest BCUT2D eigenvalue weighted by atomic mass is 10.1. The summed E-state index contributed by atoms with van der Waals surface area (Å²) in [4.78, 5) is 2.47. The van der Waals surface area contributed by atoms with Gasteiger partial charge in [0, 0.05) is 25.2 Å². The van der Waals surface area contributed by atoms with Crippen molar-refractivity contribution in [1.82, 2.24) is 10.2 Å². The van der Waals surface area contributed by atoms with Gasteiger partial charge >= 0.3 is 0 Å². The van der Waals surface area contributed by atoms with Gasteiger partial charge in [-0.15, -0.1) is 0 Å². The van der Waals surface area contributed by atoms with Crippen LogP contribution in [0.3, 0.4) is 0 Å². The van der Waals surface area contributed by atoms with Crippen LogP contribution in [0.25, 0.3) is 0 Å². The Morgan fingerprint density at radius 1 is 1.11 bits per heavy atom. The first-order valence-corrected chi connectivity index (χ1v) is 10.1. The lowest BCUT2D eigenvalue weighted by Crippen LogP contribution is -2.37. The Kier molecular flexibility index (Phi) is 8.15. The Hall–Kier alpha value is -2.08. The molecule has 0 radical (unpaired) electrons. The van der Waals surface area contributed by atoms with Crippen molar-refractivity contribution in [2.45, 2.75) is 26.5 Å². The van der Waals surface area contributed by atoms with Crippen LogP contribution in [0, 0.1) is 6.92 Å². The van der Waals surface area contributed by atoms with Gasteiger partial charge in [0.15, 0.2) is 11.5 Å². The van der Waals surface area contributed by atoms with Crippen LogP contribution in [-0.2, 0) is 17.9 Å². The van der Waals surface area contributed by atoms with Crippen LogP contribution in [0.15, 0.2) is 42.5 Å². The van der Waals surface area contributed by atoms with Crippen LogP contribution in [0.2, 0.25) is 0 Å². The van der Waals surface area contributed by atoms with E-state index in [-0.39, 0.29) is 0 Å². The number of ether oxygens (including phenoxy) is 3. The molecule has 0 unspecified atom stereocenters. The van der Waals surface area contributed by atoms with E-state index < -0.39 is 0 Å². The third-order valence-corrected chi connectivity index (χ3v) is 4.99. The molecule has 0 atom stereocenters. The number of nitrogens with one attached hydrogen (secondary N) is 1. The second-order valence-electron chi connectivity index (χ2n) is 7.21. The minimum atomic E-state index is 0.534. The molecule has 0 aliphatic carbocycles. The zero-order valence-corrected chi connectivity index (χ0v) is 17.1. The van der Waals surface area contributed by atoms with Gasteiger partial charge in [-0.05, 0) is 38.1 Å². The third-order valence-electron chi connectivity index (χ3n) is 4.99. The number of morpholine rings is 1. The van der Waals surface area contributed by atoms with Crippen LogP contribution in [0.4, 0.5) is 0 Å². The first-order chi connectivity index (χ1) is 13.8. The van der Waals surface area contributed by atoms with Crippen molar-refractivity contribution in [3.63, 3.8) is 0 Å². The van der Waals surface area contributed by atoms with Gasteiger partial charge in [-0.25, -0.2) is 0 Å². The van der Waals surface area contributed by atoms with Crippen LogP contribution >= 0.6 is 0 Å². The minimum Gasteiger partial charge on any atom is -0.493 e. The molecule has 0 amide bonds. The number of benzene rings is 2. The fourth-order valence-corrected chi connectivity index (χ4v) is 3.46. The Morgan fingerprint density at radius 3 is 2.71 bits per heavy atom. The van der Waals surface area contributed by atoms with E-state index in [9.17, 15) is 0 Å². The summed E-state index contributed by atoms with van der Waals surface area (Å²) < 4.78 is 17.1. The summed E-state index contributed by atoms with van der Waals surface area (Å²) in [5.74, 6) is 1.60. The molecule has 1 N–H and O–H groups in total. The maximum Gasteiger partial charge on any atom is 0.166 e. The summed E-state index contributed by atoms with van der Waals surface area (Å²) in [5.41, 5.74) is 3.52. The third kappa shape index (κ3) is 6.23. The highest BCUT2D eigenvalue weighted by atomic mass is 16.5. The second kappa shape index (κ2) is 11.1. The van der Waals surface area contributed by atoms with Gasteiger partial charge in [-0.1, -0.05) is 42.0 Å². The number of para-hydroxylation sites is 1. The molecular weight excluding hydrogens is 352 g/mol. The second-order valence-corrected chi connectivity index (χ2v) is 7.21. The van der Waals surface area contributed by atoms with E-state index in [1.807, 2.05) is 12.1 Å². The number of rotatable bonds is 10. The summed E-state index contributed by atoms with van der Waals surface area (Å²) in [5, 5.41) is 3.55. The predicted molar refractivity (Wildman–Crippen MR) is 112 cm³/mol. The van der Waals surface area contributed by atoms with Crippen molar-refractivity contribution in [3.8, 4) is 11.5 Å². The zero-order valence-electron chi connectivity index (χ0n) is 17.1. The van der Waals surface area contributed by atoms with Crippen molar-refractivity contribution >= 4 is 0 Å². The molecule has 3 rings (SSSR count). The molecule has 1 aliphatic rings. The summed E-state index contributed by atoms with van der Waals surface area (Å²) in [7, 11) is 1.69. The molecule has 0 saturated carbocycles. The Bertz CT molecular complexity index is 730. The van der Waals surface area contributed by atoms with Crippen molar-refractivity contribution in [2.24, 2.45) is 0 Å². The van der Waals surface area contributed by atoms with Crippen LogP contribution < -0.4 is 14.8 Å². The average Bonchev–Trinajstić information content (AvgIpc) is 2.73. The number of aryl methyl sites for hydroxylation is 1. The van der Waals surface area contributed by atoms with Crippen molar-refractivity contribution in [3.05, 3.63) is 59.2 Å². The molecule has 1 heterocycles. The van der Waals surface area contributed by atoms with Crippen molar-refractivity contribution in [1.29, 1.82) is 0 Å². The molecule has 2 aromatic rings. The normalized spacial score (nSPS) is 14.8. The fraction of sp³-hybridized carbons (Fsp3) is 0.478. The smallest absolute Gasteiger partial charge is 0.166 e. The van der Waals surface area contributed by atoms with E-state index in [1.165, 1.54) is 5.56 Å². The first-order valence-electron chi connectivity index (χ1n) is 10.1. The van der Waals surface area contributed by atoms with E-state index >= 15 is 0 Å². The largest absolute Gasteiger partial charge is 0.493 e. The number of hydrogen-bond acceptors (Lipinski definition) is 5. The standard InChI is InChI=1S/C23H32N2O3/c1-19-6-3-7-20(16-19)18-28-23-21(8-4-9-22(23)26-2)17-24-10-5-11-25-12-14-27-15-13-25/h3-4,6-9,16,24H,5,10-15,17-18H2,1-2H3. The van der Waals surface area contributed by atoms with Gasteiger partial charge in [-0.2, -0.15) is 0 Å². The molecule has 5 nitrogen and oxygen atoms in total. The maximum absolute atomic E-state index is 6.17. The Morgan fingerprint density at radius 2 is 1.93 bits per heavy atom. The van der Waals surface area contributed by atoms with E-state index in [2.05, 4.69) is 47.5 Å². The van der Waals surface area contributed by atoms with Gasteiger partial charge in [-0.3, -0.25) is 4.90 Å². The van der Waals surface area contributed by atoms with E-state index in [0.717, 1.165) is 75.0 Å². The Labute approximate surface area is 168 Å². The van der Waals surface area contributed by atoms with Gasteiger partial charge in [0.1, 0.15) is 6.61 Å². The monoisotopic (exact) mass is 384 g/mol. The molecule has 2 aromatic carbocycles. The molecule has 152 valence electrons. The SMILES string of the molecule is COc1cccc(CNCCCN2CCOCC2)c1OCc1cccc(C)c1. The van der Waals surface area contributed by atoms with Crippen molar-refractivity contribution in [2.75, 3.05) is 46.5 Å². The zero-order chi connectivity index (χ0) is 19.6. The lowest BCUT2D eigenvalue weighted by molar-refractivity contribution is 0.0374. The highest BCUT2D eigenvalue weighted by molar-refractivity contribution is 5.46. The molecule has 0 aromatic heterocycles. The summed E-state index contributed by atoms with van der Waals surface area (Å²) >= 11 is 0. The summed E-state index contributed by atoms with van der Waals surface area (Å²) in [6.07, 6.45) is 1.13. The number of nitrogens with zero attached hydrogens (tertiary/aromatic N) is 1. The molecule has 5 heteroatoms. The van der Waals surface area contributed by atoms with Gasteiger partial charge in [0.05, 0.1) is 20.3 Å². The highest BCUT2D eigenvalue weighted by Crippen LogP contribution is 2.31. The summed E-state index contributed by atoms with van der Waals surface area (Å²) in [6, 6.07) is 14.5. The number of methoxy groups -OCH3 is 1. The molecular formula is C23H32N2O3. The molecule has 0 spiro atoms. The van der Waals surface area contributed by atoms with Crippen molar-refractivity contribution < 1.29 is 14.2 Å². The lowest BCUT2D eigenvalue weighted by Gasteiger charge is -2.26. The average molecular weight is 385 g/mol. The highest BCUT2D eigenvalue weighted by Gasteiger charge is 2.12. The summed E-state index contributed by atoms with van der Waals surface area (Å²) in [6.45, 7) is 9.31. The topological polar surface area (TPSA) is 43.0 Å². The molecule has 1 fully saturated rings. The fourth-order valence-electron chi connectivity index (χ4n) is 3.46. The molecule has 1 saturated heterocycles. The van der Waals surface area contributed by atoms with Gasteiger partial charge < -0.3 is 19.5 Å². The van der Waals surface area contributed by atoms with Crippen LogP contribution in [-0.4, -0.2) is 51.4 Å². The van der Waals surface area contributed by atoms with E-state index in [1.54, 1.807) is 7.11 Å². The van der Waals surface area contributed by atoms with Gasteiger partial charge in [0.25, 0.3) is 0 Å². The van der Waals surface area contributed by atoms with Crippen LogP contribution in [0.1, 0.15) is 23.1 Å². The maximum atomic E-state index is 6.17. The number of hydrogen-bond donors (Lipinski definition) is 1. The van der Waals surface area contributed by atoms with Gasteiger partial charge in [0.2, 0.25) is 0 Å². The molecule has 1 aliphatic heterocycles. The minimum absolute atomic E-state index is 0.534. The van der Waals surface area contributed by atoms with Crippen LogP contribution in [0.5, 0.6) is 11.5 Å².